The molecule has 0 unspecified atom stereocenters. The van der Waals surface area contributed by atoms with Gasteiger partial charge in [-0.15, -0.1) is 11.8 Å². The van der Waals surface area contributed by atoms with E-state index in [1.54, 1.807) is 16.7 Å². The van der Waals surface area contributed by atoms with Crippen LogP contribution in [0.1, 0.15) is 53.1 Å². The Morgan fingerprint density at radius 3 is 2.19 bits per heavy atom. The highest BCUT2D eigenvalue weighted by Crippen LogP contribution is 2.20. The van der Waals surface area contributed by atoms with Crippen LogP contribution >= 0.6 is 11.8 Å². The molecule has 0 spiro atoms. The van der Waals surface area contributed by atoms with Crippen LogP contribution < -0.4 is 5.32 Å². The Kier molecular flexibility index (Phi) is 11.3. The molecule has 0 aromatic heterocycles. The molecule has 0 saturated heterocycles. The van der Waals surface area contributed by atoms with Crippen LogP contribution in [0.2, 0.25) is 0 Å². The number of carbonyl (C=O) groups is 2. The summed E-state index contributed by atoms with van der Waals surface area (Å²) in [6.07, 6.45) is 2.41. The lowest BCUT2D eigenvalue weighted by Gasteiger charge is -2.31. The van der Waals surface area contributed by atoms with Gasteiger partial charge in [0.1, 0.15) is 6.04 Å². The predicted molar refractivity (Wildman–Crippen MR) is 156 cm³/mol. The summed E-state index contributed by atoms with van der Waals surface area (Å²) in [4.78, 5) is 29.0. The molecule has 5 heteroatoms. The van der Waals surface area contributed by atoms with Crippen LogP contribution in [-0.2, 0) is 28.3 Å². The second-order valence-corrected chi connectivity index (χ2v) is 10.8. The van der Waals surface area contributed by atoms with Gasteiger partial charge in [0.05, 0.1) is 5.75 Å². The van der Waals surface area contributed by atoms with Gasteiger partial charge in [0, 0.05) is 25.3 Å². The molecule has 196 valence electrons. The lowest BCUT2D eigenvalue weighted by atomic mass is 10.0. The van der Waals surface area contributed by atoms with E-state index in [9.17, 15) is 9.59 Å². The first-order valence-electron chi connectivity index (χ1n) is 13.2. The summed E-state index contributed by atoms with van der Waals surface area (Å²) in [5.74, 6) is 0.991. The highest BCUT2D eigenvalue weighted by Gasteiger charge is 2.30. The summed E-state index contributed by atoms with van der Waals surface area (Å²) in [7, 11) is 0. The molecule has 2 amide bonds. The smallest absolute Gasteiger partial charge is 0.243 e. The van der Waals surface area contributed by atoms with Crippen molar-refractivity contribution in [1.82, 2.24) is 10.2 Å². The fourth-order valence-corrected chi connectivity index (χ4v) is 5.40. The lowest BCUT2D eigenvalue weighted by Crippen LogP contribution is -2.51. The summed E-state index contributed by atoms with van der Waals surface area (Å²) in [5.41, 5.74) is 6.90. The zero-order valence-corrected chi connectivity index (χ0v) is 23.4. The topological polar surface area (TPSA) is 49.4 Å². The number of nitrogens with zero attached hydrogens (tertiary/aromatic N) is 1. The van der Waals surface area contributed by atoms with E-state index in [1.807, 2.05) is 55.5 Å². The third kappa shape index (κ3) is 9.40. The molecular formula is C32H40N2O2S. The number of carbonyl (C=O) groups excluding carboxylic acids is 2. The molecule has 0 radical (unpaired) electrons. The lowest BCUT2D eigenvalue weighted by molar-refractivity contribution is -0.139. The summed E-state index contributed by atoms with van der Waals surface area (Å²) >= 11 is 1.61. The van der Waals surface area contributed by atoms with E-state index in [4.69, 9.17) is 0 Å². The third-order valence-electron chi connectivity index (χ3n) is 6.31. The number of amides is 2. The first-order chi connectivity index (χ1) is 17.9. The van der Waals surface area contributed by atoms with Crippen molar-refractivity contribution in [2.75, 3.05) is 12.3 Å². The van der Waals surface area contributed by atoms with Crippen molar-refractivity contribution < 1.29 is 9.59 Å². The van der Waals surface area contributed by atoms with Crippen LogP contribution in [0.4, 0.5) is 0 Å². The van der Waals surface area contributed by atoms with Crippen molar-refractivity contribution in [3.8, 4) is 0 Å². The van der Waals surface area contributed by atoms with Gasteiger partial charge in [0.25, 0.3) is 0 Å². The van der Waals surface area contributed by atoms with Crippen molar-refractivity contribution in [3.05, 3.63) is 106 Å². The molecule has 3 aromatic carbocycles. The minimum Gasteiger partial charge on any atom is -0.354 e. The van der Waals surface area contributed by atoms with E-state index in [0.29, 0.717) is 25.3 Å². The van der Waals surface area contributed by atoms with Gasteiger partial charge in [-0.05, 0) is 43.9 Å². The fourth-order valence-electron chi connectivity index (χ4n) is 4.56. The van der Waals surface area contributed by atoms with E-state index in [-0.39, 0.29) is 11.8 Å². The minimum absolute atomic E-state index is 0.0116. The summed E-state index contributed by atoms with van der Waals surface area (Å²) in [5, 5.41) is 3.09. The van der Waals surface area contributed by atoms with Crippen LogP contribution in [0.25, 0.3) is 0 Å². The second-order valence-electron chi connectivity index (χ2n) is 9.85. The quantitative estimate of drug-likeness (QED) is 0.267. The molecule has 0 aliphatic heterocycles. The van der Waals surface area contributed by atoms with E-state index < -0.39 is 6.04 Å². The number of unbranched alkanes of at least 4 members (excludes halogenated alkanes) is 1. The Labute approximate surface area is 226 Å². The van der Waals surface area contributed by atoms with Gasteiger partial charge in [0.15, 0.2) is 0 Å². The van der Waals surface area contributed by atoms with Crippen molar-refractivity contribution in [1.29, 1.82) is 0 Å². The monoisotopic (exact) mass is 516 g/mol. The highest BCUT2D eigenvalue weighted by molar-refractivity contribution is 7.99. The molecule has 0 aliphatic rings. The van der Waals surface area contributed by atoms with Gasteiger partial charge in [-0.1, -0.05) is 103 Å². The molecule has 4 nitrogen and oxygen atoms in total. The fraction of sp³-hybridized carbons (Fsp3) is 0.375. The Morgan fingerprint density at radius 2 is 1.51 bits per heavy atom. The van der Waals surface area contributed by atoms with Crippen LogP contribution in [0.15, 0.2) is 72.8 Å². The van der Waals surface area contributed by atoms with Gasteiger partial charge in [-0.3, -0.25) is 9.59 Å². The minimum atomic E-state index is -0.575. The number of benzene rings is 3. The Bertz CT molecular complexity index is 1140. The zero-order chi connectivity index (χ0) is 26.6. The molecule has 1 N–H and O–H groups in total. The number of hydrogen-bond acceptors (Lipinski definition) is 3. The molecule has 0 heterocycles. The van der Waals surface area contributed by atoms with Gasteiger partial charge >= 0.3 is 0 Å². The molecule has 3 aromatic rings. The molecule has 3 rings (SSSR count). The van der Waals surface area contributed by atoms with Gasteiger partial charge in [-0.25, -0.2) is 0 Å². The van der Waals surface area contributed by atoms with Crippen molar-refractivity contribution >= 4 is 23.6 Å². The van der Waals surface area contributed by atoms with E-state index in [0.717, 1.165) is 35.3 Å². The number of aryl methyl sites for hydroxylation is 3. The Hall–Kier alpha value is -3.05. The van der Waals surface area contributed by atoms with Crippen LogP contribution in [0.3, 0.4) is 0 Å². The Morgan fingerprint density at radius 1 is 0.838 bits per heavy atom. The van der Waals surface area contributed by atoms with Crippen LogP contribution in [-0.4, -0.2) is 35.1 Å². The summed E-state index contributed by atoms with van der Waals surface area (Å²) < 4.78 is 0. The van der Waals surface area contributed by atoms with E-state index in [2.05, 4.69) is 50.4 Å². The largest absolute Gasteiger partial charge is 0.354 e. The summed E-state index contributed by atoms with van der Waals surface area (Å²) in [6.45, 7) is 9.38. The third-order valence-corrected chi connectivity index (χ3v) is 7.30. The highest BCUT2D eigenvalue weighted by atomic mass is 32.2. The summed E-state index contributed by atoms with van der Waals surface area (Å²) in [6, 6.07) is 24.1. The van der Waals surface area contributed by atoms with Gasteiger partial charge < -0.3 is 10.2 Å². The van der Waals surface area contributed by atoms with Crippen molar-refractivity contribution in [2.45, 2.75) is 65.3 Å². The molecule has 0 aliphatic carbocycles. The molecule has 1 atom stereocenters. The van der Waals surface area contributed by atoms with Crippen LogP contribution in [0.5, 0.6) is 0 Å². The zero-order valence-electron chi connectivity index (χ0n) is 22.6. The molecule has 0 bridgehead atoms. The number of nitrogens with one attached hydrogen (secondary N) is 1. The standard InChI is InChI=1S/C32H40N2O2S/c1-5-6-15-33-32(36)30(20-27-12-8-7-9-13-27)34(21-28-14-10-11-24(2)17-28)31(35)23-37-22-29-18-25(3)16-26(4)19-29/h7-14,16-19,30H,5-6,15,20-23H2,1-4H3,(H,33,36)/t30-/m0/s1. The molecule has 37 heavy (non-hydrogen) atoms. The molecule has 0 fully saturated rings. The normalized spacial score (nSPS) is 11.7. The maximum Gasteiger partial charge on any atom is 0.243 e. The first-order valence-corrected chi connectivity index (χ1v) is 14.3. The number of hydrogen-bond donors (Lipinski definition) is 1. The van der Waals surface area contributed by atoms with Crippen molar-refractivity contribution in [2.24, 2.45) is 0 Å². The average molecular weight is 517 g/mol. The Balaban J connectivity index is 1.83. The number of thioether (sulfide) groups is 1. The van der Waals surface area contributed by atoms with Crippen LogP contribution in [0, 0.1) is 20.8 Å². The maximum atomic E-state index is 13.7. The molecular weight excluding hydrogens is 476 g/mol. The first kappa shape index (κ1) is 28.5. The SMILES string of the molecule is CCCCNC(=O)[C@H](Cc1ccccc1)N(Cc1cccc(C)c1)C(=O)CSCc1cc(C)cc(C)c1. The van der Waals surface area contributed by atoms with Crippen molar-refractivity contribution in [3.63, 3.8) is 0 Å². The number of rotatable bonds is 13. The van der Waals surface area contributed by atoms with Gasteiger partial charge in [0.2, 0.25) is 11.8 Å². The molecule has 0 saturated carbocycles. The average Bonchev–Trinajstić information content (AvgIpc) is 2.86. The van der Waals surface area contributed by atoms with Gasteiger partial charge in [-0.2, -0.15) is 0 Å². The predicted octanol–water partition coefficient (Wildman–Crippen LogP) is 6.40. The van der Waals surface area contributed by atoms with E-state index >= 15 is 0 Å². The maximum absolute atomic E-state index is 13.7. The second kappa shape index (κ2) is 14.6. The van der Waals surface area contributed by atoms with E-state index in [1.165, 1.54) is 16.7 Å².